The Labute approximate surface area is 247 Å². The molecule has 6 rings (SSSR count). The third-order valence-corrected chi connectivity index (χ3v) is 8.02. The molecule has 10 heteroatoms. The van der Waals surface area contributed by atoms with Crippen LogP contribution in [0.5, 0.6) is 0 Å². The first-order valence-electron chi connectivity index (χ1n) is 13.9. The Balaban J connectivity index is 1.39. The van der Waals surface area contributed by atoms with Crippen LogP contribution in [-0.2, 0) is 29.2 Å². The minimum atomic E-state index is -0.913. The lowest BCUT2D eigenvalue weighted by molar-refractivity contribution is -0.119. The number of carbonyl (C=O) groups is 2. The molecule has 1 aromatic heterocycles. The number of carbonyl (C=O) groups excluding carboxylic acids is 2. The summed E-state index contributed by atoms with van der Waals surface area (Å²) in [6.45, 7) is 3.50. The largest absolute Gasteiger partial charge is 0.387 e. The minimum absolute atomic E-state index is 0.0310. The summed E-state index contributed by atoms with van der Waals surface area (Å²) in [5.74, 6) is -0.756. The Bertz CT molecular complexity index is 1680. The Hall–Kier alpha value is -4.02. The second-order valence-electron chi connectivity index (χ2n) is 10.6. The van der Waals surface area contributed by atoms with Gasteiger partial charge in [-0.2, -0.15) is 0 Å². The minimum Gasteiger partial charge on any atom is -0.387 e. The number of pyridine rings is 1. The third kappa shape index (κ3) is 5.82. The third-order valence-electron chi connectivity index (χ3n) is 7.77. The number of anilines is 1. The molecule has 4 aromatic rings. The van der Waals surface area contributed by atoms with Crippen molar-refractivity contribution in [2.45, 2.75) is 25.7 Å². The topological polar surface area (TPSA) is 104 Å². The average Bonchev–Trinajstić information content (AvgIpc) is 3.01. The van der Waals surface area contributed by atoms with E-state index in [2.05, 4.69) is 10.2 Å². The summed E-state index contributed by atoms with van der Waals surface area (Å²) in [6.07, 6.45) is 0.555. The molecule has 2 amide bonds. The lowest BCUT2D eigenvalue weighted by atomic mass is 10.0. The highest BCUT2D eigenvalue weighted by molar-refractivity contribution is 6.30. The number of ether oxygens (including phenoxy) is 1. The van der Waals surface area contributed by atoms with Crippen molar-refractivity contribution in [2.75, 3.05) is 37.7 Å². The standard InChI is InChI=1S/C32H31ClN4O5/c33-24-8-6-21(7-9-24)16-34-32(41)26-18-36-20-29(39)37(19-28(38)23-4-2-1-3-5-23)27-15-22(14-25(30(27)36)31(26)40)17-35-10-12-42-13-11-35/h1-9,14-15,18,28,38H,10-13,16-17,19-20H2,(H,34,41). The van der Waals surface area contributed by atoms with Crippen molar-refractivity contribution in [1.82, 2.24) is 14.8 Å². The molecule has 42 heavy (non-hydrogen) atoms. The van der Waals surface area contributed by atoms with Crippen molar-refractivity contribution < 1.29 is 19.4 Å². The molecule has 0 aliphatic carbocycles. The maximum atomic E-state index is 13.9. The van der Waals surface area contributed by atoms with E-state index < -0.39 is 17.4 Å². The van der Waals surface area contributed by atoms with Crippen LogP contribution in [0.15, 0.2) is 77.7 Å². The highest BCUT2D eigenvalue weighted by Crippen LogP contribution is 2.33. The molecule has 2 N–H and O–H groups in total. The van der Waals surface area contributed by atoms with E-state index in [0.717, 1.165) is 24.2 Å². The molecule has 9 nitrogen and oxygen atoms in total. The summed E-state index contributed by atoms with van der Waals surface area (Å²) in [6, 6.07) is 20.0. The van der Waals surface area contributed by atoms with E-state index in [1.807, 2.05) is 42.5 Å². The Morgan fingerprint density at radius 1 is 1.00 bits per heavy atom. The van der Waals surface area contributed by atoms with Crippen molar-refractivity contribution in [3.05, 3.63) is 110 Å². The number of β-amino-alcohol motifs (C(OH)–C–C–N with tert-alkyl or cyclic N) is 1. The van der Waals surface area contributed by atoms with E-state index >= 15 is 0 Å². The van der Waals surface area contributed by atoms with Crippen LogP contribution in [0.1, 0.15) is 33.2 Å². The Morgan fingerprint density at radius 2 is 1.74 bits per heavy atom. The number of morpholine rings is 1. The van der Waals surface area contributed by atoms with Crippen LogP contribution >= 0.6 is 11.6 Å². The van der Waals surface area contributed by atoms with Crippen LogP contribution in [0.2, 0.25) is 5.02 Å². The Kier molecular flexibility index (Phi) is 8.08. The number of nitrogens with zero attached hydrogens (tertiary/aromatic N) is 3. The maximum absolute atomic E-state index is 13.9. The summed E-state index contributed by atoms with van der Waals surface area (Å²) in [4.78, 5) is 44.5. The maximum Gasteiger partial charge on any atom is 0.257 e. The fraction of sp³-hybridized carbons (Fsp3) is 0.281. The van der Waals surface area contributed by atoms with Crippen LogP contribution in [0.3, 0.4) is 0 Å². The van der Waals surface area contributed by atoms with Crippen LogP contribution in [0, 0.1) is 0 Å². The van der Waals surface area contributed by atoms with Gasteiger partial charge in [0.2, 0.25) is 11.3 Å². The van der Waals surface area contributed by atoms with Gasteiger partial charge in [-0.1, -0.05) is 54.1 Å². The molecule has 1 atom stereocenters. The predicted molar refractivity (Wildman–Crippen MR) is 161 cm³/mol. The van der Waals surface area contributed by atoms with Gasteiger partial charge in [0.1, 0.15) is 12.1 Å². The van der Waals surface area contributed by atoms with Crippen molar-refractivity contribution in [1.29, 1.82) is 0 Å². The van der Waals surface area contributed by atoms with Gasteiger partial charge in [0, 0.05) is 42.8 Å². The van der Waals surface area contributed by atoms with E-state index in [9.17, 15) is 19.5 Å². The number of rotatable bonds is 8. The number of aliphatic hydroxyl groups excluding tert-OH is 1. The molecule has 0 radical (unpaired) electrons. The van der Waals surface area contributed by atoms with Crippen LogP contribution in [-0.4, -0.2) is 59.2 Å². The van der Waals surface area contributed by atoms with Crippen LogP contribution in [0.4, 0.5) is 5.69 Å². The summed E-state index contributed by atoms with van der Waals surface area (Å²) >= 11 is 5.97. The lowest BCUT2D eigenvalue weighted by Gasteiger charge is -2.33. The molecule has 216 valence electrons. The highest BCUT2D eigenvalue weighted by atomic mass is 35.5. The van der Waals surface area contributed by atoms with Gasteiger partial charge in [-0.3, -0.25) is 19.3 Å². The second kappa shape index (κ2) is 12.1. The highest BCUT2D eigenvalue weighted by Gasteiger charge is 2.30. The zero-order valence-corrected chi connectivity index (χ0v) is 23.7. The number of benzene rings is 3. The lowest BCUT2D eigenvalue weighted by Crippen LogP contribution is -2.42. The number of hydrogen-bond donors (Lipinski definition) is 2. The molecule has 2 aliphatic heterocycles. The first-order chi connectivity index (χ1) is 20.4. The smallest absolute Gasteiger partial charge is 0.257 e. The van der Waals surface area contributed by atoms with Gasteiger partial charge in [0.15, 0.2) is 0 Å². The normalized spacial score (nSPS) is 16.0. The van der Waals surface area contributed by atoms with Gasteiger partial charge in [-0.05, 0) is 41.0 Å². The van der Waals surface area contributed by atoms with Crippen molar-refractivity contribution in [2.24, 2.45) is 0 Å². The second-order valence-corrected chi connectivity index (χ2v) is 11.1. The molecule has 3 aromatic carbocycles. The van der Waals surface area contributed by atoms with E-state index in [1.165, 1.54) is 6.20 Å². The van der Waals surface area contributed by atoms with Gasteiger partial charge < -0.3 is 24.6 Å². The van der Waals surface area contributed by atoms with Crippen molar-refractivity contribution >= 4 is 40.0 Å². The number of nitrogens with one attached hydrogen (secondary N) is 1. The summed E-state index contributed by atoms with van der Waals surface area (Å²) in [5, 5.41) is 14.8. The Morgan fingerprint density at radius 3 is 2.48 bits per heavy atom. The van der Waals surface area contributed by atoms with Gasteiger partial charge in [-0.25, -0.2) is 0 Å². The zero-order chi connectivity index (χ0) is 29.2. The number of halogens is 1. The average molecular weight is 587 g/mol. The first-order valence-corrected chi connectivity index (χ1v) is 14.3. The monoisotopic (exact) mass is 586 g/mol. The van der Waals surface area contributed by atoms with Crippen LogP contribution < -0.4 is 15.6 Å². The van der Waals surface area contributed by atoms with E-state index in [1.54, 1.807) is 33.7 Å². The van der Waals surface area contributed by atoms with Gasteiger partial charge in [0.05, 0.1) is 37.1 Å². The van der Waals surface area contributed by atoms with Gasteiger partial charge in [0.25, 0.3) is 5.91 Å². The number of amides is 2. The molecule has 3 heterocycles. The molecule has 0 spiro atoms. The quantitative estimate of drug-likeness (QED) is 0.328. The molecule has 1 fully saturated rings. The SMILES string of the molecule is O=C(NCc1ccc(Cl)cc1)c1cn2c3c(cc(CN4CCOCC4)cc3c1=O)N(CC(O)c1ccccc1)C(=O)C2. The van der Waals surface area contributed by atoms with E-state index in [4.69, 9.17) is 16.3 Å². The van der Waals surface area contributed by atoms with E-state index in [-0.39, 0.29) is 31.1 Å². The summed E-state index contributed by atoms with van der Waals surface area (Å²) in [5.41, 5.74) is 3.06. The summed E-state index contributed by atoms with van der Waals surface area (Å²) in [7, 11) is 0. The molecule has 1 unspecified atom stereocenters. The molecule has 2 aliphatic rings. The van der Waals surface area contributed by atoms with Crippen molar-refractivity contribution in [3.8, 4) is 0 Å². The number of hydrogen-bond acceptors (Lipinski definition) is 6. The molecular formula is C32H31ClN4O5. The molecule has 1 saturated heterocycles. The predicted octanol–water partition coefficient (Wildman–Crippen LogP) is 3.50. The molecule has 0 bridgehead atoms. The first kappa shape index (κ1) is 28.1. The zero-order valence-electron chi connectivity index (χ0n) is 23.0. The summed E-state index contributed by atoms with van der Waals surface area (Å²) < 4.78 is 7.17. The fourth-order valence-corrected chi connectivity index (χ4v) is 5.70. The number of aromatic nitrogens is 1. The van der Waals surface area contributed by atoms with Gasteiger partial charge in [-0.15, -0.1) is 0 Å². The molecule has 0 saturated carbocycles. The fourth-order valence-electron chi connectivity index (χ4n) is 5.58. The van der Waals surface area contributed by atoms with Crippen molar-refractivity contribution in [3.63, 3.8) is 0 Å². The number of aliphatic hydroxyl groups is 1. The van der Waals surface area contributed by atoms with Gasteiger partial charge >= 0.3 is 0 Å². The van der Waals surface area contributed by atoms with E-state index in [0.29, 0.717) is 46.9 Å². The molecular weight excluding hydrogens is 556 g/mol. The van der Waals surface area contributed by atoms with Crippen LogP contribution in [0.25, 0.3) is 10.9 Å².